The number of benzene rings is 1. The lowest BCUT2D eigenvalue weighted by Gasteiger charge is -2.25. The van der Waals surface area contributed by atoms with E-state index in [-0.39, 0.29) is 11.3 Å². The summed E-state index contributed by atoms with van der Waals surface area (Å²) >= 11 is 3.03. The molecule has 1 fully saturated rings. The average Bonchev–Trinajstić information content (AvgIpc) is 3.07. The van der Waals surface area contributed by atoms with Crippen LogP contribution in [0.25, 0.3) is 0 Å². The number of anilines is 1. The largest absolute Gasteiger partial charge is 0.379 e. The van der Waals surface area contributed by atoms with Gasteiger partial charge in [0.05, 0.1) is 24.7 Å². The van der Waals surface area contributed by atoms with Crippen LogP contribution in [0.4, 0.5) is 5.13 Å². The molecule has 1 aromatic carbocycles. The van der Waals surface area contributed by atoms with Crippen molar-refractivity contribution in [1.82, 2.24) is 9.88 Å². The second kappa shape index (κ2) is 9.19. The summed E-state index contributed by atoms with van der Waals surface area (Å²) in [5.41, 5.74) is 2.44. The number of hydrogen-bond donors (Lipinski definition) is 1. The quantitative estimate of drug-likeness (QED) is 0.736. The molecule has 1 aromatic heterocycles. The lowest BCUT2D eigenvalue weighted by molar-refractivity contribution is -0.113. The van der Waals surface area contributed by atoms with Crippen molar-refractivity contribution in [3.8, 4) is 0 Å². The van der Waals surface area contributed by atoms with Crippen molar-refractivity contribution in [3.05, 3.63) is 40.9 Å². The van der Waals surface area contributed by atoms with Gasteiger partial charge in [-0.3, -0.25) is 9.69 Å². The van der Waals surface area contributed by atoms with Gasteiger partial charge in [-0.15, -0.1) is 23.1 Å². The number of morpholine rings is 1. The summed E-state index contributed by atoms with van der Waals surface area (Å²) in [6.07, 6.45) is 0. The number of nitrogens with zero attached hydrogens (tertiary/aromatic N) is 2. The first kappa shape index (κ1) is 20.3. The number of ether oxygens (including phenoxy) is 1. The molecule has 2 heterocycles. The van der Waals surface area contributed by atoms with Crippen molar-refractivity contribution in [3.63, 3.8) is 0 Å². The number of carbonyl (C=O) groups excluding carboxylic acids is 1. The minimum absolute atomic E-state index is 0.0211. The van der Waals surface area contributed by atoms with Crippen LogP contribution in [-0.4, -0.2) is 47.8 Å². The summed E-state index contributed by atoms with van der Waals surface area (Å²) in [6.45, 7) is 10.8. The minimum Gasteiger partial charge on any atom is -0.379 e. The summed E-state index contributed by atoms with van der Waals surface area (Å²) in [7, 11) is 0. The van der Waals surface area contributed by atoms with Crippen LogP contribution in [0.2, 0.25) is 0 Å². The van der Waals surface area contributed by atoms with Gasteiger partial charge in [0, 0.05) is 29.9 Å². The summed E-state index contributed by atoms with van der Waals surface area (Å²) in [5, 5.41) is 5.60. The van der Waals surface area contributed by atoms with Gasteiger partial charge in [0.2, 0.25) is 5.91 Å². The first-order valence-corrected chi connectivity index (χ1v) is 11.0. The van der Waals surface area contributed by atoms with Crippen LogP contribution in [0.5, 0.6) is 0 Å². The molecule has 27 heavy (non-hydrogen) atoms. The zero-order valence-electron chi connectivity index (χ0n) is 16.2. The first-order chi connectivity index (χ1) is 12.9. The van der Waals surface area contributed by atoms with E-state index in [1.54, 1.807) is 11.8 Å². The van der Waals surface area contributed by atoms with Gasteiger partial charge in [0.1, 0.15) is 0 Å². The van der Waals surface area contributed by atoms with Crippen molar-refractivity contribution in [2.75, 3.05) is 37.4 Å². The Morgan fingerprint density at radius 2 is 1.96 bits per heavy atom. The van der Waals surface area contributed by atoms with Gasteiger partial charge in [-0.25, -0.2) is 4.98 Å². The Bertz CT molecular complexity index is 747. The molecular formula is C20H27N3O2S2. The van der Waals surface area contributed by atoms with Gasteiger partial charge in [0.15, 0.2) is 5.13 Å². The number of hydrogen-bond acceptors (Lipinski definition) is 6. The number of amides is 1. The highest BCUT2D eigenvalue weighted by molar-refractivity contribution is 8.00. The maximum absolute atomic E-state index is 12.2. The Morgan fingerprint density at radius 1 is 1.26 bits per heavy atom. The van der Waals surface area contributed by atoms with Crippen LogP contribution >= 0.6 is 23.1 Å². The summed E-state index contributed by atoms with van der Waals surface area (Å²) in [5.74, 6) is 0.361. The lowest BCUT2D eigenvalue weighted by Crippen LogP contribution is -2.35. The highest BCUT2D eigenvalue weighted by atomic mass is 32.2. The second-order valence-electron chi connectivity index (χ2n) is 7.64. The molecule has 1 saturated heterocycles. The lowest BCUT2D eigenvalue weighted by atomic mass is 9.87. The van der Waals surface area contributed by atoms with Crippen molar-refractivity contribution < 1.29 is 9.53 Å². The molecule has 3 rings (SSSR count). The molecule has 7 heteroatoms. The molecule has 0 radical (unpaired) electrons. The Kier molecular flexibility index (Phi) is 6.92. The van der Waals surface area contributed by atoms with E-state index in [9.17, 15) is 4.79 Å². The molecule has 5 nitrogen and oxygen atoms in total. The molecule has 0 aliphatic carbocycles. The summed E-state index contributed by atoms with van der Waals surface area (Å²) in [4.78, 5) is 20.2. The Hall–Kier alpha value is -1.41. The fourth-order valence-corrected chi connectivity index (χ4v) is 4.20. The third kappa shape index (κ3) is 6.31. The van der Waals surface area contributed by atoms with E-state index in [1.165, 1.54) is 16.9 Å². The maximum atomic E-state index is 12.2. The van der Waals surface area contributed by atoms with Crippen molar-refractivity contribution in [2.24, 2.45) is 0 Å². The monoisotopic (exact) mass is 405 g/mol. The Balaban J connectivity index is 1.45. The van der Waals surface area contributed by atoms with E-state index in [4.69, 9.17) is 4.74 Å². The summed E-state index contributed by atoms with van der Waals surface area (Å²) in [6, 6.07) is 8.45. The number of nitrogens with one attached hydrogen (secondary N) is 1. The molecular weight excluding hydrogens is 378 g/mol. The summed E-state index contributed by atoms with van der Waals surface area (Å²) < 4.78 is 5.36. The van der Waals surface area contributed by atoms with E-state index >= 15 is 0 Å². The molecule has 0 spiro atoms. The zero-order valence-corrected chi connectivity index (χ0v) is 17.8. The van der Waals surface area contributed by atoms with E-state index < -0.39 is 0 Å². The number of rotatable bonds is 6. The highest BCUT2D eigenvalue weighted by Gasteiger charge is 2.15. The molecule has 0 atom stereocenters. The zero-order chi connectivity index (χ0) is 19.3. The number of thiazole rings is 1. The van der Waals surface area contributed by atoms with Crippen molar-refractivity contribution >= 4 is 34.1 Å². The molecule has 1 amide bonds. The Morgan fingerprint density at radius 3 is 2.63 bits per heavy atom. The fraction of sp³-hybridized carbons (Fsp3) is 0.500. The maximum Gasteiger partial charge on any atom is 0.236 e. The van der Waals surface area contributed by atoms with Crippen LogP contribution in [0.3, 0.4) is 0 Å². The molecule has 1 N–H and O–H groups in total. The van der Waals surface area contributed by atoms with Gasteiger partial charge in [-0.05, 0) is 23.1 Å². The number of thioether (sulfide) groups is 1. The van der Waals surface area contributed by atoms with E-state index in [0.29, 0.717) is 10.9 Å². The van der Waals surface area contributed by atoms with Crippen molar-refractivity contribution in [2.45, 2.75) is 37.6 Å². The molecule has 0 saturated carbocycles. The smallest absolute Gasteiger partial charge is 0.236 e. The van der Waals surface area contributed by atoms with E-state index in [1.807, 2.05) is 5.38 Å². The standard InChI is InChI=1S/C20H27N3O2S2/c1-20(2,3)15-4-6-17(7-5-15)26-14-18(24)22-19-21-16(13-27-19)12-23-8-10-25-11-9-23/h4-7,13H,8-12,14H2,1-3H3,(H,21,22,24). The number of aromatic nitrogens is 1. The van der Waals surface area contributed by atoms with Crippen molar-refractivity contribution in [1.29, 1.82) is 0 Å². The predicted octanol–water partition coefficient (Wildman–Crippen LogP) is 4.00. The van der Waals surface area contributed by atoms with Gasteiger partial charge >= 0.3 is 0 Å². The van der Waals surface area contributed by atoms with Gasteiger partial charge < -0.3 is 10.1 Å². The van der Waals surface area contributed by atoms with Gasteiger partial charge in [0.25, 0.3) is 0 Å². The predicted molar refractivity (Wildman–Crippen MR) is 113 cm³/mol. The molecule has 1 aliphatic rings. The first-order valence-electron chi connectivity index (χ1n) is 9.18. The third-order valence-electron chi connectivity index (χ3n) is 4.38. The number of carbonyl (C=O) groups is 1. The second-order valence-corrected chi connectivity index (χ2v) is 9.55. The van der Waals surface area contributed by atoms with Crippen LogP contribution in [0.1, 0.15) is 32.0 Å². The average molecular weight is 406 g/mol. The molecule has 0 unspecified atom stereocenters. The fourth-order valence-electron chi connectivity index (χ4n) is 2.78. The van der Waals surface area contributed by atoms with E-state index in [0.717, 1.165) is 43.4 Å². The molecule has 2 aromatic rings. The van der Waals surface area contributed by atoms with Crippen LogP contribution in [-0.2, 0) is 21.5 Å². The van der Waals surface area contributed by atoms with Crippen LogP contribution in [0.15, 0.2) is 34.5 Å². The third-order valence-corrected chi connectivity index (χ3v) is 6.20. The van der Waals surface area contributed by atoms with E-state index in [2.05, 4.69) is 60.2 Å². The highest BCUT2D eigenvalue weighted by Crippen LogP contribution is 2.26. The normalized spacial score (nSPS) is 15.7. The van der Waals surface area contributed by atoms with Crippen LogP contribution in [0, 0.1) is 0 Å². The topological polar surface area (TPSA) is 54.5 Å². The van der Waals surface area contributed by atoms with Gasteiger partial charge in [-0.2, -0.15) is 0 Å². The molecule has 1 aliphatic heterocycles. The van der Waals surface area contributed by atoms with Crippen LogP contribution < -0.4 is 5.32 Å². The minimum atomic E-state index is -0.0211. The molecule has 146 valence electrons. The SMILES string of the molecule is CC(C)(C)c1ccc(SCC(=O)Nc2nc(CN3CCOCC3)cs2)cc1. The molecule has 0 bridgehead atoms. The van der Waals surface area contributed by atoms with Gasteiger partial charge in [-0.1, -0.05) is 32.9 Å². The Labute approximate surface area is 169 Å².